The first kappa shape index (κ1) is 19.8. The Hall–Kier alpha value is -1.47. The summed E-state index contributed by atoms with van der Waals surface area (Å²) in [6.45, 7) is 4.27. The van der Waals surface area contributed by atoms with Gasteiger partial charge in [0.25, 0.3) is 5.91 Å². The normalized spacial score (nSPS) is 10.6. The maximum Gasteiger partial charge on any atom is 0.287 e. The second kappa shape index (κ2) is 9.87. The second-order valence-electron chi connectivity index (χ2n) is 5.24. The summed E-state index contributed by atoms with van der Waals surface area (Å²) >= 11 is 3.44. The molecule has 0 bridgehead atoms. The number of hydrogen-bond acceptors (Lipinski definition) is 5. The maximum atomic E-state index is 12.5. The number of thioether (sulfide) groups is 1. The molecular weight excluding hydrogens is 376 g/mol. The van der Waals surface area contributed by atoms with E-state index in [1.165, 1.54) is 4.21 Å². The van der Waals surface area contributed by atoms with E-state index in [1.807, 2.05) is 37.3 Å². The van der Waals surface area contributed by atoms with Gasteiger partial charge in [0.1, 0.15) is 5.58 Å². The lowest BCUT2D eigenvalue weighted by Crippen LogP contribution is -2.31. The van der Waals surface area contributed by atoms with E-state index < -0.39 is 0 Å². The van der Waals surface area contributed by atoms with Crippen molar-refractivity contribution >= 4 is 52.4 Å². The summed E-state index contributed by atoms with van der Waals surface area (Å²) in [6, 6.07) is 11.9. The molecule has 2 heterocycles. The molecule has 0 atom stereocenters. The molecule has 0 aliphatic heterocycles. The predicted molar refractivity (Wildman–Crippen MR) is 108 cm³/mol. The summed E-state index contributed by atoms with van der Waals surface area (Å²) in [5.41, 5.74) is 1.72. The van der Waals surface area contributed by atoms with Crippen LogP contribution >= 0.6 is 35.5 Å². The molecule has 1 amide bonds. The van der Waals surface area contributed by atoms with Crippen LogP contribution in [0.5, 0.6) is 0 Å². The molecule has 0 aliphatic carbocycles. The fourth-order valence-corrected chi connectivity index (χ4v) is 4.25. The summed E-state index contributed by atoms with van der Waals surface area (Å²) in [5, 5.41) is 9.19. The molecule has 0 saturated carbocycles. The van der Waals surface area contributed by atoms with Gasteiger partial charge in [-0.15, -0.1) is 35.5 Å². The van der Waals surface area contributed by atoms with Crippen LogP contribution in [0, 0.1) is 0 Å². The van der Waals surface area contributed by atoms with Gasteiger partial charge in [0.2, 0.25) is 0 Å². The first-order valence-electron chi connectivity index (χ1n) is 7.95. The van der Waals surface area contributed by atoms with Crippen LogP contribution in [0.4, 0.5) is 0 Å². The van der Waals surface area contributed by atoms with Gasteiger partial charge < -0.3 is 15.1 Å². The Bertz CT molecular complexity index is 803. The number of amides is 1. The molecule has 25 heavy (non-hydrogen) atoms. The number of carbonyl (C=O) groups excluding carboxylic acids is 1. The topological polar surface area (TPSA) is 54.3 Å². The molecule has 0 aliphatic rings. The van der Waals surface area contributed by atoms with Gasteiger partial charge in [-0.25, -0.2) is 0 Å². The number of rotatable bonds is 8. The van der Waals surface area contributed by atoms with Gasteiger partial charge in [0, 0.05) is 29.8 Å². The van der Waals surface area contributed by atoms with Crippen LogP contribution in [0.1, 0.15) is 23.0 Å². The van der Waals surface area contributed by atoms with Crippen LogP contribution in [0.15, 0.2) is 50.4 Å². The van der Waals surface area contributed by atoms with E-state index in [1.54, 1.807) is 23.1 Å². The third-order valence-corrected chi connectivity index (χ3v) is 5.75. The number of nitrogens with one attached hydrogen (secondary N) is 2. The van der Waals surface area contributed by atoms with Crippen molar-refractivity contribution in [3.05, 3.63) is 53.1 Å². The Labute approximate surface area is 161 Å². The molecule has 0 saturated heterocycles. The Balaban J connectivity index is 0.00000225. The number of carbonyl (C=O) groups is 1. The third-order valence-electron chi connectivity index (χ3n) is 3.60. The van der Waals surface area contributed by atoms with Crippen LogP contribution < -0.4 is 10.6 Å². The van der Waals surface area contributed by atoms with Crippen molar-refractivity contribution in [1.82, 2.24) is 10.6 Å². The van der Waals surface area contributed by atoms with E-state index >= 15 is 0 Å². The zero-order valence-electron chi connectivity index (χ0n) is 13.9. The molecule has 2 N–H and O–H groups in total. The molecule has 7 heteroatoms. The van der Waals surface area contributed by atoms with Gasteiger partial charge in [0.15, 0.2) is 5.76 Å². The van der Waals surface area contributed by atoms with Crippen molar-refractivity contribution in [1.29, 1.82) is 0 Å². The predicted octanol–water partition coefficient (Wildman–Crippen LogP) is 4.55. The monoisotopic (exact) mass is 396 g/mol. The average Bonchev–Trinajstić information content (AvgIpc) is 3.24. The highest BCUT2D eigenvalue weighted by atomic mass is 35.5. The van der Waals surface area contributed by atoms with E-state index in [4.69, 9.17) is 4.42 Å². The van der Waals surface area contributed by atoms with Crippen molar-refractivity contribution in [3.8, 4) is 0 Å². The number of halogens is 1. The Morgan fingerprint density at radius 2 is 2.04 bits per heavy atom. The first-order valence-corrected chi connectivity index (χ1v) is 9.81. The summed E-state index contributed by atoms with van der Waals surface area (Å²) in [7, 11) is 0. The number of fused-ring (bicyclic) bond motifs is 1. The lowest BCUT2D eigenvalue weighted by molar-refractivity contribution is 0.0927. The van der Waals surface area contributed by atoms with Crippen LogP contribution in [0.25, 0.3) is 11.0 Å². The Kier molecular flexibility index (Phi) is 7.84. The number of furan rings is 1. The second-order valence-corrected chi connectivity index (χ2v) is 7.46. The van der Waals surface area contributed by atoms with Gasteiger partial charge in [-0.05, 0) is 24.1 Å². The van der Waals surface area contributed by atoms with Crippen molar-refractivity contribution in [2.75, 3.05) is 19.6 Å². The summed E-state index contributed by atoms with van der Waals surface area (Å²) in [6.07, 6.45) is 0. The molecule has 2 aromatic heterocycles. The summed E-state index contributed by atoms with van der Waals surface area (Å²) in [5.74, 6) is 0.996. The number of benzene rings is 1. The summed E-state index contributed by atoms with van der Waals surface area (Å²) in [4.78, 5) is 12.5. The minimum absolute atomic E-state index is 0. The lowest BCUT2D eigenvalue weighted by Gasteiger charge is -2.05. The number of likely N-dealkylation sites (N-methyl/N-ethyl adjacent to an activating group) is 1. The van der Waals surface area contributed by atoms with Crippen LogP contribution in [-0.2, 0) is 5.75 Å². The SMILES string of the molecule is CCNCCNC(=O)c1oc2ccccc2c1CSc1cccs1.Cl. The van der Waals surface area contributed by atoms with Crippen molar-refractivity contribution in [2.24, 2.45) is 0 Å². The smallest absolute Gasteiger partial charge is 0.287 e. The Morgan fingerprint density at radius 1 is 1.20 bits per heavy atom. The molecule has 1 aromatic carbocycles. The lowest BCUT2D eigenvalue weighted by atomic mass is 10.1. The van der Waals surface area contributed by atoms with Crippen molar-refractivity contribution < 1.29 is 9.21 Å². The first-order chi connectivity index (χ1) is 11.8. The summed E-state index contributed by atoms with van der Waals surface area (Å²) < 4.78 is 7.08. The van der Waals surface area contributed by atoms with E-state index in [0.29, 0.717) is 18.1 Å². The van der Waals surface area contributed by atoms with Gasteiger partial charge >= 0.3 is 0 Å². The molecule has 0 radical (unpaired) electrons. The van der Waals surface area contributed by atoms with E-state index in [9.17, 15) is 4.79 Å². The highest BCUT2D eigenvalue weighted by Crippen LogP contribution is 2.33. The molecule has 3 aromatic rings. The number of thiophene rings is 1. The fourth-order valence-electron chi connectivity index (χ4n) is 2.44. The number of hydrogen-bond donors (Lipinski definition) is 2. The van der Waals surface area contributed by atoms with Crippen LogP contribution in [0.2, 0.25) is 0 Å². The molecule has 0 unspecified atom stereocenters. The zero-order valence-corrected chi connectivity index (χ0v) is 16.4. The van der Waals surface area contributed by atoms with Gasteiger partial charge in [0.05, 0.1) is 4.21 Å². The number of para-hydroxylation sites is 1. The molecule has 134 valence electrons. The minimum Gasteiger partial charge on any atom is -0.451 e. The minimum atomic E-state index is -0.147. The Morgan fingerprint density at radius 3 is 2.80 bits per heavy atom. The molecule has 0 fully saturated rings. The van der Waals surface area contributed by atoms with E-state index in [0.717, 1.165) is 29.6 Å². The van der Waals surface area contributed by atoms with E-state index in [-0.39, 0.29) is 18.3 Å². The van der Waals surface area contributed by atoms with Crippen molar-refractivity contribution in [2.45, 2.75) is 16.9 Å². The highest BCUT2D eigenvalue weighted by molar-refractivity contribution is 8.00. The average molecular weight is 397 g/mol. The van der Waals surface area contributed by atoms with Gasteiger partial charge in [-0.3, -0.25) is 4.79 Å². The third kappa shape index (κ3) is 5.01. The maximum absolute atomic E-state index is 12.5. The molecular formula is C18H21ClN2O2S2. The van der Waals surface area contributed by atoms with Crippen LogP contribution in [0.3, 0.4) is 0 Å². The zero-order chi connectivity index (χ0) is 16.8. The highest BCUT2D eigenvalue weighted by Gasteiger charge is 2.20. The quantitative estimate of drug-likeness (QED) is 0.433. The largest absolute Gasteiger partial charge is 0.451 e. The van der Waals surface area contributed by atoms with Gasteiger partial charge in [-0.2, -0.15) is 0 Å². The standard InChI is InChI=1S/C18H20N2O2S2.ClH/c1-2-19-9-10-20-18(21)17-14(12-24-16-8-5-11-23-16)13-6-3-4-7-15(13)22-17;/h3-8,11,19H,2,9-10,12H2,1H3,(H,20,21);1H. The molecule has 3 rings (SSSR count). The van der Waals surface area contributed by atoms with E-state index in [2.05, 4.69) is 22.1 Å². The fraction of sp³-hybridized carbons (Fsp3) is 0.278. The molecule has 0 spiro atoms. The molecule has 4 nitrogen and oxygen atoms in total. The van der Waals surface area contributed by atoms with Gasteiger partial charge in [-0.1, -0.05) is 31.2 Å². The van der Waals surface area contributed by atoms with Crippen LogP contribution in [-0.4, -0.2) is 25.5 Å². The van der Waals surface area contributed by atoms with Crippen molar-refractivity contribution in [3.63, 3.8) is 0 Å².